The van der Waals surface area contributed by atoms with Crippen molar-refractivity contribution in [1.82, 2.24) is 9.88 Å². The molecular weight excluding hydrogens is 502 g/mol. The first-order valence-corrected chi connectivity index (χ1v) is 14.2. The number of nitrogens with one attached hydrogen (secondary N) is 1. The van der Waals surface area contributed by atoms with Gasteiger partial charge >= 0.3 is 11.9 Å². The molecule has 2 aliphatic rings. The third-order valence-corrected chi connectivity index (χ3v) is 8.47. The molecule has 1 aromatic carbocycles. The number of carbonyl (C=O) groups is 3. The van der Waals surface area contributed by atoms with Gasteiger partial charge in [0.05, 0.1) is 23.3 Å². The second-order valence-electron chi connectivity index (χ2n) is 9.66. The number of benzene rings is 1. The molecule has 0 unspecified atom stereocenters. The summed E-state index contributed by atoms with van der Waals surface area (Å²) in [5.41, 5.74) is 4.42. The van der Waals surface area contributed by atoms with Gasteiger partial charge < -0.3 is 14.8 Å². The average Bonchev–Trinajstić information content (AvgIpc) is 3.09. The monoisotopic (exact) mass is 535 g/mol. The third kappa shape index (κ3) is 5.31. The molecule has 0 saturated heterocycles. The normalized spacial score (nSPS) is 15.3. The number of nitrogens with zero attached hydrogens (tertiary/aromatic N) is 2. The molecule has 2 aromatic heterocycles. The Morgan fingerprint density at radius 2 is 1.76 bits per heavy atom. The molecular formula is C29H33N3O5S. The summed E-state index contributed by atoms with van der Waals surface area (Å²) < 4.78 is 10.9. The zero-order chi connectivity index (χ0) is 26.6. The summed E-state index contributed by atoms with van der Waals surface area (Å²) in [5.74, 6) is -1.45. The second kappa shape index (κ2) is 11.6. The maximum atomic E-state index is 13.4. The summed E-state index contributed by atoms with van der Waals surface area (Å²) in [7, 11) is 0. The number of pyridine rings is 1. The first-order chi connectivity index (χ1) is 18.5. The molecule has 1 aliphatic carbocycles. The molecule has 200 valence electrons. The number of amides is 1. The highest BCUT2D eigenvalue weighted by atomic mass is 32.1. The Morgan fingerprint density at radius 1 is 0.974 bits per heavy atom. The van der Waals surface area contributed by atoms with Crippen LogP contribution < -0.4 is 5.32 Å². The Morgan fingerprint density at radius 3 is 2.58 bits per heavy atom. The van der Waals surface area contributed by atoms with E-state index in [4.69, 9.17) is 14.5 Å². The van der Waals surface area contributed by atoms with Crippen LogP contribution in [0.4, 0.5) is 5.00 Å². The van der Waals surface area contributed by atoms with E-state index in [9.17, 15) is 14.4 Å². The Kier molecular flexibility index (Phi) is 8.04. The summed E-state index contributed by atoms with van der Waals surface area (Å²) >= 11 is 1.42. The lowest BCUT2D eigenvalue weighted by Gasteiger charge is -2.28. The summed E-state index contributed by atoms with van der Waals surface area (Å²) in [6.07, 6.45) is 5.60. The van der Waals surface area contributed by atoms with Crippen molar-refractivity contribution in [2.24, 2.45) is 0 Å². The molecule has 0 bridgehead atoms. The van der Waals surface area contributed by atoms with E-state index in [0.717, 1.165) is 84.2 Å². The Hall–Kier alpha value is -3.30. The first-order valence-electron chi connectivity index (χ1n) is 13.4. The van der Waals surface area contributed by atoms with Crippen molar-refractivity contribution < 1.29 is 23.9 Å². The number of carbonyl (C=O) groups excluding carboxylic acids is 3. The third-order valence-electron chi connectivity index (χ3n) is 7.26. The van der Waals surface area contributed by atoms with E-state index in [1.807, 2.05) is 24.3 Å². The van der Waals surface area contributed by atoms with Crippen LogP contribution in [0.5, 0.6) is 0 Å². The number of esters is 2. The van der Waals surface area contributed by atoms with E-state index >= 15 is 0 Å². The molecule has 8 nitrogen and oxygen atoms in total. The summed E-state index contributed by atoms with van der Waals surface area (Å²) in [4.78, 5) is 47.4. The van der Waals surface area contributed by atoms with Gasteiger partial charge in [0, 0.05) is 41.0 Å². The Bertz CT molecular complexity index is 1380. The molecule has 3 heterocycles. The minimum atomic E-state index is -0.541. The van der Waals surface area contributed by atoms with Gasteiger partial charge in [-0.1, -0.05) is 31.5 Å². The average molecular weight is 536 g/mol. The fourth-order valence-corrected chi connectivity index (χ4v) is 6.66. The van der Waals surface area contributed by atoms with E-state index in [-0.39, 0.29) is 6.61 Å². The molecule has 0 spiro atoms. The predicted molar refractivity (Wildman–Crippen MR) is 147 cm³/mol. The van der Waals surface area contributed by atoms with Crippen LogP contribution in [0.25, 0.3) is 10.9 Å². The van der Waals surface area contributed by atoms with Gasteiger partial charge in [-0.05, 0) is 50.8 Å². The number of hydrogen-bond acceptors (Lipinski definition) is 8. The van der Waals surface area contributed by atoms with Gasteiger partial charge in [-0.25, -0.2) is 9.59 Å². The van der Waals surface area contributed by atoms with Crippen LogP contribution in [0, 0.1) is 0 Å². The second-order valence-corrected chi connectivity index (χ2v) is 10.8. The number of hydrogen-bond donors (Lipinski definition) is 1. The van der Waals surface area contributed by atoms with Crippen LogP contribution >= 0.6 is 11.3 Å². The summed E-state index contributed by atoms with van der Waals surface area (Å²) in [6.45, 7) is 6.04. The summed E-state index contributed by atoms with van der Waals surface area (Å²) in [6, 6.07) is 7.53. The molecule has 5 rings (SSSR count). The Labute approximate surface area is 226 Å². The van der Waals surface area contributed by atoms with E-state index in [2.05, 4.69) is 17.1 Å². The summed E-state index contributed by atoms with van der Waals surface area (Å²) in [5, 5.41) is 4.03. The fraction of sp³-hybridized carbons (Fsp3) is 0.448. The van der Waals surface area contributed by atoms with Gasteiger partial charge in [-0.2, -0.15) is 0 Å². The lowest BCUT2D eigenvalue weighted by molar-refractivity contribution is -0.119. The first kappa shape index (κ1) is 26.3. The molecule has 3 aromatic rings. The molecule has 38 heavy (non-hydrogen) atoms. The smallest absolute Gasteiger partial charge is 0.341 e. The van der Waals surface area contributed by atoms with Gasteiger partial charge in [0.1, 0.15) is 5.00 Å². The van der Waals surface area contributed by atoms with E-state index in [0.29, 0.717) is 22.7 Å². The highest BCUT2D eigenvalue weighted by Crippen LogP contribution is 2.38. The van der Waals surface area contributed by atoms with Gasteiger partial charge in [0.15, 0.2) is 6.61 Å². The van der Waals surface area contributed by atoms with Crippen molar-refractivity contribution >= 4 is 45.1 Å². The highest BCUT2D eigenvalue weighted by Gasteiger charge is 2.28. The molecule has 0 fully saturated rings. The number of ether oxygens (including phenoxy) is 2. The van der Waals surface area contributed by atoms with Crippen molar-refractivity contribution in [3.63, 3.8) is 0 Å². The number of fused-ring (bicyclic) bond motifs is 3. The van der Waals surface area contributed by atoms with Crippen molar-refractivity contribution in [3.05, 3.63) is 57.1 Å². The van der Waals surface area contributed by atoms with Crippen molar-refractivity contribution in [2.45, 2.75) is 58.9 Å². The molecule has 1 N–H and O–H groups in total. The Balaban J connectivity index is 1.36. The number of likely N-dealkylation sites (N-methyl/N-ethyl adjacent to an activating group) is 1. The number of aromatic nitrogens is 1. The zero-order valence-corrected chi connectivity index (χ0v) is 22.7. The van der Waals surface area contributed by atoms with Crippen LogP contribution in [-0.2, 0) is 40.1 Å². The predicted octanol–water partition coefficient (Wildman–Crippen LogP) is 4.92. The van der Waals surface area contributed by atoms with Crippen LogP contribution in [-0.4, -0.2) is 54.0 Å². The topological polar surface area (TPSA) is 97.8 Å². The molecule has 9 heteroatoms. The quantitative estimate of drug-likeness (QED) is 0.339. The van der Waals surface area contributed by atoms with E-state index in [1.54, 1.807) is 6.92 Å². The standard InChI is InChI=1S/C29H33N3O5S/c1-3-32-15-14-22-20(16-32)25(18-10-8-9-12-21(18)30-22)28(34)37-17-24(33)31-27-26(29(35)36-4-2)19-11-6-5-7-13-23(19)38-27/h8-10,12H,3-7,11,13-17H2,1-2H3,(H,31,33). The largest absolute Gasteiger partial charge is 0.462 e. The zero-order valence-electron chi connectivity index (χ0n) is 21.9. The van der Waals surface area contributed by atoms with Gasteiger partial charge in [-0.3, -0.25) is 14.7 Å². The van der Waals surface area contributed by atoms with Crippen molar-refractivity contribution in [1.29, 1.82) is 0 Å². The van der Waals surface area contributed by atoms with Crippen LogP contribution in [0.1, 0.15) is 75.5 Å². The molecule has 1 amide bonds. The SMILES string of the molecule is CCOC(=O)c1c(NC(=O)COC(=O)c2c3c(nc4ccccc24)CCN(CC)C3)sc2c1CCCCC2. The molecule has 0 radical (unpaired) electrons. The lowest BCUT2D eigenvalue weighted by atomic mass is 9.96. The van der Waals surface area contributed by atoms with E-state index in [1.165, 1.54) is 11.3 Å². The minimum Gasteiger partial charge on any atom is -0.462 e. The maximum absolute atomic E-state index is 13.4. The number of anilines is 1. The minimum absolute atomic E-state index is 0.258. The van der Waals surface area contributed by atoms with Gasteiger partial charge in [0.25, 0.3) is 5.91 Å². The van der Waals surface area contributed by atoms with Crippen LogP contribution in [0.15, 0.2) is 24.3 Å². The number of rotatable bonds is 7. The van der Waals surface area contributed by atoms with Crippen LogP contribution in [0.3, 0.4) is 0 Å². The molecule has 1 aliphatic heterocycles. The lowest BCUT2D eigenvalue weighted by Crippen LogP contribution is -2.32. The number of aryl methyl sites for hydroxylation is 1. The molecule has 0 saturated carbocycles. The van der Waals surface area contributed by atoms with Gasteiger partial charge in [0.2, 0.25) is 0 Å². The van der Waals surface area contributed by atoms with Crippen LogP contribution in [0.2, 0.25) is 0 Å². The highest BCUT2D eigenvalue weighted by molar-refractivity contribution is 7.17. The number of thiophene rings is 1. The van der Waals surface area contributed by atoms with Gasteiger partial charge in [-0.15, -0.1) is 11.3 Å². The maximum Gasteiger partial charge on any atom is 0.341 e. The van der Waals surface area contributed by atoms with E-state index < -0.39 is 24.5 Å². The van der Waals surface area contributed by atoms with Crippen molar-refractivity contribution in [3.8, 4) is 0 Å². The fourth-order valence-electron chi connectivity index (χ4n) is 5.37. The number of para-hydroxylation sites is 1. The molecule has 0 atom stereocenters. The van der Waals surface area contributed by atoms with Crippen molar-refractivity contribution in [2.75, 3.05) is 31.6 Å².